The minimum Gasteiger partial charge on any atom is -0.356 e. The molecule has 2 atom stereocenters. The maximum absolute atomic E-state index is 12.4. The molecule has 31 heavy (non-hydrogen) atoms. The predicted molar refractivity (Wildman–Crippen MR) is 125 cm³/mol. The number of thioether (sulfide) groups is 1. The Morgan fingerprint density at radius 2 is 2.10 bits per heavy atom. The van der Waals surface area contributed by atoms with E-state index in [-0.39, 0.29) is 39.5 Å². The number of pyridine rings is 1. The number of hydrogen-bond acceptors (Lipinski definition) is 6. The number of hydrogen-bond donors (Lipinski definition) is 1. The maximum atomic E-state index is 12.4. The third kappa shape index (κ3) is 4.76. The number of likely N-dealkylation sites (tertiary alicyclic amines) is 1. The van der Waals surface area contributed by atoms with Gasteiger partial charge in [-0.05, 0) is 24.5 Å². The van der Waals surface area contributed by atoms with E-state index in [0.717, 1.165) is 18.7 Å². The lowest BCUT2D eigenvalue weighted by Gasteiger charge is -2.43. The van der Waals surface area contributed by atoms with E-state index in [9.17, 15) is 19.7 Å². The molecule has 1 fully saturated rings. The molecule has 1 saturated heterocycles. The van der Waals surface area contributed by atoms with Crippen LogP contribution in [0.25, 0.3) is 0 Å². The zero-order valence-corrected chi connectivity index (χ0v) is 18.7. The van der Waals surface area contributed by atoms with Gasteiger partial charge in [-0.1, -0.05) is 41.6 Å². The van der Waals surface area contributed by atoms with Gasteiger partial charge in [-0.25, -0.2) is 0 Å². The Morgan fingerprint density at radius 3 is 2.87 bits per heavy atom. The number of nitro groups is 1. The molecule has 3 heterocycles. The second-order valence-electron chi connectivity index (χ2n) is 7.63. The number of fused-ring (bicyclic) bond motifs is 4. The molecule has 4 rings (SSSR count). The van der Waals surface area contributed by atoms with Gasteiger partial charge in [0.15, 0.2) is 0 Å². The second kappa shape index (κ2) is 8.97. The third-order valence-electron chi connectivity index (χ3n) is 5.50. The summed E-state index contributed by atoms with van der Waals surface area (Å²) < 4.78 is 2.49. The molecule has 1 amide bonds. The van der Waals surface area contributed by atoms with E-state index >= 15 is 0 Å². The van der Waals surface area contributed by atoms with Crippen LogP contribution >= 0.6 is 35.6 Å². The summed E-state index contributed by atoms with van der Waals surface area (Å²) in [6.07, 6.45) is 1.03. The van der Waals surface area contributed by atoms with Gasteiger partial charge in [-0.2, -0.15) is 0 Å². The Kier molecular flexibility index (Phi) is 6.31. The zero-order chi connectivity index (χ0) is 22.1. The monoisotopic (exact) mass is 478 g/mol. The summed E-state index contributed by atoms with van der Waals surface area (Å²) in [6, 6.07) is 9.27. The van der Waals surface area contributed by atoms with Crippen LogP contribution in [0.4, 0.5) is 11.4 Å². The summed E-state index contributed by atoms with van der Waals surface area (Å²) >= 11 is 12.8. The summed E-state index contributed by atoms with van der Waals surface area (Å²) in [6.45, 7) is 2.15. The van der Waals surface area contributed by atoms with Crippen molar-refractivity contribution in [2.75, 3.05) is 24.2 Å². The van der Waals surface area contributed by atoms with Gasteiger partial charge in [0.2, 0.25) is 5.91 Å². The van der Waals surface area contributed by atoms with Gasteiger partial charge in [0.05, 0.1) is 21.4 Å². The van der Waals surface area contributed by atoms with Crippen LogP contribution in [-0.4, -0.2) is 43.5 Å². The molecule has 1 aromatic heterocycles. The molecule has 0 spiro atoms. The Bertz CT molecular complexity index is 1120. The van der Waals surface area contributed by atoms with Crippen molar-refractivity contribution >= 4 is 57.2 Å². The highest BCUT2D eigenvalue weighted by atomic mass is 35.5. The minimum atomic E-state index is -0.546. The minimum absolute atomic E-state index is 0.0362. The average molecular weight is 479 g/mol. The van der Waals surface area contributed by atoms with Gasteiger partial charge in [-0.3, -0.25) is 19.7 Å². The highest BCUT2D eigenvalue weighted by Gasteiger charge is 2.35. The number of aromatic nitrogens is 1. The molecule has 2 bridgehead atoms. The number of thiocarbonyl (C=S) groups is 1. The molecule has 11 heteroatoms. The van der Waals surface area contributed by atoms with Crippen molar-refractivity contribution in [1.82, 2.24) is 9.47 Å². The van der Waals surface area contributed by atoms with Crippen LogP contribution in [0.1, 0.15) is 18.0 Å². The Balaban J connectivity index is 1.36. The van der Waals surface area contributed by atoms with Crippen LogP contribution < -0.4 is 10.9 Å². The number of anilines is 1. The molecule has 0 radical (unpaired) electrons. The quantitative estimate of drug-likeness (QED) is 0.408. The van der Waals surface area contributed by atoms with E-state index in [1.807, 2.05) is 10.6 Å². The van der Waals surface area contributed by atoms with Crippen molar-refractivity contribution in [3.8, 4) is 0 Å². The zero-order valence-electron chi connectivity index (χ0n) is 16.3. The average Bonchev–Trinajstić information content (AvgIpc) is 2.74. The molecule has 2 aromatic rings. The molecule has 2 aliphatic rings. The Labute approximate surface area is 192 Å². The number of nitrogens with one attached hydrogen (secondary N) is 1. The topological polar surface area (TPSA) is 97.5 Å². The van der Waals surface area contributed by atoms with Crippen molar-refractivity contribution in [1.29, 1.82) is 0 Å². The number of halogens is 1. The van der Waals surface area contributed by atoms with Crippen LogP contribution in [0.5, 0.6) is 0 Å². The van der Waals surface area contributed by atoms with E-state index in [1.54, 1.807) is 12.1 Å². The van der Waals surface area contributed by atoms with Crippen molar-refractivity contribution in [2.24, 2.45) is 5.92 Å². The lowest BCUT2D eigenvalue weighted by molar-refractivity contribution is -0.384. The summed E-state index contributed by atoms with van der Waals surface area (Å²) in [5.74, 6) is 0.295. The van der Waals surface area contributed by atoms with Crippen LogP contribution in [0.3, 0.4) is 0 Å². The number of benzene rings is 1. The van der Waals surface area contributed by atoms with Crippen LogP contribution in [-0.2, 0) is 11.3 Å². The van der Waals surface area contributed by atoms with Crippen LogP contribution in [0.15, 0.2) is 41.2 Å². The van der Waals surface area contributed by atoms with Crippen molar-refractivity contribution in [2.45, 2.75) is 18.9 Å². The fourth-order valence-corrected chi connectivity index (χ4v) is 5.32. The highest BCUT2D eigenvalue weighted by molar-refractivity contribution is 8.23. The number of nitro benzene ring substituents is 1. The smallest absolute Gasteiger partial charge is 0.271 e. The number of carbonyl (C=O) groups excluding carboxylic acids is 1. The maximum Gasteiger partial charge on any atom is 0.271 e. The van der Waals surface area contributed by atoms with Crippen LogP contribution in [0.2, 0.25) is 5.02 Å². The van der Waals surface area contributed by atoms with Crippen molar-refractivity contribution in [3.63, 3.8) is 0 Å². The van der Waals surface area contributed by atoms with E-state index < -0.39 is 4.92 Å². The molecule has 162 valence electrons. The molecule has 0 unspecified atom stereocenters. The molecule has 0 saturated carbocycles. The first-order valence-corrected chi connectivity index (χ1v) is 11.4. The number of nitrogens with zero attached hydrogens (tertiary/aromatic N) is 3. The molecule has 1 aromatic carbocycles. The second-order valence-corrected chi connectivity index (χ2v) is 9.64. The molecular formula is C20H19ClN4O4S2. The number of piperidine rings is 1. The largest absolute Gasteiger partial charge is 0.356 e. The number of rotatable bonds is 4. The van der Waals surface area contributed by atoms with Gasteiger partial charge in [0.25, 0.3) is 11.2 Å². The summed E-state index contributed by atoms with van der Waals surface area (Å²) in [5, 5.41) is 13.8. The Hall–Kier alpha value is -2.43. The van der Waals surface area contributed by atoms with Gasteiger partial charge in [-0.15, -0.1) is 0 Å². The molecule has 0 aliphatic carbocycles. The fraction of sp³-hybridized carbons (Fsp3) is 0.350. The first-order valence-electron chi connectivity index (χ1n) is 9.67. The van der Waals surface area contributed by atoms with Gasteiger partial charge in [0, 0.05) is 49.4 Å². The normalized spacial score (nSPS) is 19.5. The van der Waals surface area contributed by atoms with E-state index in [1.165, 1.54) is 30.0 Å². The Morgan fingerprint density at radius 1 is 1.29 bits per heavy atom. The first kappa shape index (κ1) is 21.8. The first-order chi connectivity index (χ1) is 14.8. The SMILES string of the molecule is O=C(CSC(=S)N1C[C@H]2C[C@H](C1)c1cccc(=O)n1C2)Nc1cc([N+](=O)[O-])ccc1Cl. The van der Waals surface area contributed by atoms with Gasteiger partial charge < -0.3 is 14.8 Å². The third-order valence-corrected chi connectivity index (χ3v) is 7.35. The lowest BCUT2D eigenvalue weighted by Crippen LogP contribution is -2.48. The standard InChI is InChI=1S/C20H19ClN4O4S2/c21-15-5-4-14(25(28)29)7-16(15)22-18(26)11-31-20(30)23-8-12-6-13(10-23)17-2-1-3-19(27)24(17)9-12/h1-5,7,12-13H,6,8-11H2,(H,22,26)/t12-,13-/m1/s1. The molecular weight excluding hydrogens is 460 g/mol. The number of carbonyl (C=O) groups is 1. The van der Waals surface area contributed by atoms with E-state index in [4.69, 9.17) is 23.8 Å². The van der Waals surface area contributed by atoms with Gasteiger partial charge >= 0.3 is 0 Å². The number of amides is 1. The van der Waals surface area contributed by atoms with E-state index in [2.05, 4.69) is 10.2 Å². The fourth-order valence-electron chi connectivity index (χ4n) is 4.17. The summed E-state index contributed by atoms with van der Waals surface area (Å²) in [5.41, 5.74) is 1.12. The van der Waals surface area contributed by atoms with Gasteiger partial charge in [0.1, 0.15) is 4.32 Å². The lowest BCUT2D eigenvalue weighted by atomic mass is 9.83. The highest BCUT2D eigenvalue weighted by Crippen LogP contribution is 2.36. The van der Waals surface area contributed by atoms with Crippen molar-refractivity contribution in [3.05, 3.63) is 67.6 Å². The van der Waals surface area contributed by atoms with Crippen LogP contribution in [0, 0.1) is 16.0 Å². The van der Waals surface area contributed by atoms with E-state index in [0.29, 0.717) is 23.3 Å². The van der Waals surface area contributed by atoms with Crippen molar-refractivity contribution < 1.29 is 9.72 Å². The summed E-state index contributed by atoms with van der Waals surface area (Å²) in [7, 11) is 0. The molecule has 1 N–H and O–H groups in total. The number of non-ortho nitro benzene ring substituents is 1. The summed E-state index contributed by atoms with van der Waals surface area (Å²) in [4.78, 5) is 37.0. The molecule has 8 nitrogen and oxygen atoms in total. The molecule has 2 aliphatic heterocycles. The predicted octanol–water partition coefficient (Wildman–Crippen LogP) is 3.49.